The van der Waals surface area contributed by atoms with Gasteiger partial charge in [0.05, 0.1) is 31.4 Å². The van der Waals surface area contributed by atoms with E-state index in [0.29, 0.717) is 44.5 Å². The second kappa shape index (κ2) is 12.1. The lowest BCUT2D eigenvalue weighted by Gasteiger charge is -2.29. The summed E-state index contributed by atoms with van der Waals surface area (Å²) in [5.41, 5.74) is 0.0619. The number of guanidine groups is 1. The van der Waals surface area contributed by atoms with Crippen molar-refractivity contribution in [2.24, 2.45) is 4.99 Å². The fraction of sp³-hybridized carbons (Fsp3) is 0.667. The molecule has 2 aliphatic rings. The van der Waals surface area contributed by atoms with Crippen LogP contribution in [0.25, 0.3) is 0 Å². The highest BCUT2D eigenvalue weighted by atomic mass is 127. The van der Waals surface area contributed by atoms with Crippen LogP contribution in [-0.2, 0) is 17.5 Å². The summed E-state index contributed by atoms with van der Waals surface area (Å²) in [4.78, 5) is 6.32. The summed E-state index contributed by atoms with van der Waals surface area (Å²) in [5.74, 6) is 0.504. The summed E-state index contributed by atoms with van der Waals surface area (Å²) >= 11 is 0. The van der Waals surface area contributed by atoms with Crippen LogP contribution in [0.4, 0.5) is 18.9 Å². The number of morpholine rings is 1. The van der Waals surface area contributed by atoms with Crippen LogP contribution in [0.15, 0.2) is 23.2 Å². The van der Waals surface area contributed by atoms with Crippen LogP contribution >= 0.6 is 24.0 Å². The van der Waals surface area contributed by atoms with Crippen LogP contribution in [0.2, 0.25) is 0 Å². The van der Waals surface area contributed by atoms with E-state index in [1.54, 1.807) is 6.07 Å². The first-order valence-corrected chi connectivity index (χ1v) is 10.6. The molecule has 1 heterocycles. The highest BCUT2D eigenvalue weighted by molar-refractivity contribution is 14.0. The van der Waals surface area contributed by atoms with Crippen molar-refractivity contribution in [3.8, 4) is 0 Å². The van der Waals surface area contributed by atoms with Crippen molar-refractivity contribution < 1.29 is 23.0 Å². The lowest BCUT2D eigenvalue weighted by Crippen LogP contribution is -2.45. The fourth-order valence-electron chi connectivity index (χ4n) is 3.88. The Morgan fingerprint density at radius 1 is 1.19 bits per heavy atom. The summed E-state index contributed by atoms with van der Waals surface area (Å²) in [6, 6.07) is 4.64. The smallest absolute Gasteiger partial charge is 0.393 e. The third-order valence-electron chi connectivity index (χ3n) is 5.56. The molecule has 0 radical (unpaired) electrons. The van der Waals surface area contributed by atoms with E-state index in [4.69, 9.17) is 4.74 Å². The van der Waals surface area contributed by atoms with Gasteiger partial charge in [0.25, 0.3) is 0 Å². The van der Waals surface area contributed by atoms with Crippen LogP contribution in [0.1, 0.15) is 43.7 Å². The van der Waals surface area contributed by atoms with E-state index in [9.17, 15) is 18.3 Å². The van der Waals surface area contributed by atoms with Gasteiger partial charge >= 0.3 is 6.18 Å². The molecule has 1 aliphatic heterocycles. The van der Waals surface area contributed by atoms with Crippen molar-refractivity contribution in [1.82, 2.24) is 10.6 Å². The van der Waals surface area contributed by atoms with E-state index >= 15 is 0 Å². The molecule has 1 aliphatic carbocycles. The Kier molecular flexibility index (Phi) is 10.1. The zero-order valence-electron chi connectivity index (χ0n) is 17.7. The summed E-state index contributed by atoms with van der Waals surface area (Å²) < 4.78 is 46.5. The zero-order valence-corrected chi connectivity index (χ0v) is 20.1. The number of benzene rings is 1. The van der Waals surface area contributed by atoms with Crippen LogP contribution in [-0.4, -0.2) is 56.1 Å². The van der Waals surface area contributed by atoms with Gasteiger partial charge in [-0.05, 0) is 50.3 Å². The highest BCUT2D eigenvalue weighted by Crippen LogP contribution is 2.35. The first kappa shape index (κ1) is 26.0. The normalized spacial score (nSPS) is 22.6. The molecule has 0 atom stereocenters. The monoisotopic (exact) mass is 556 g/mol. The maximum atomic E-state index is 13.7. The lowest BCUT2D eigenvalue weighted by molar-refractivity contribution is -0.138. The number of anilines is 1. The summed E-state index contributed by atoms with van der Waals surface area (Å²) in [6.45, 7) is 4.66. The van der Waals surface area contributed by atoms with E-state index in [-0.39, 0.29) is 48.2 Å². The molecule has 1 saturated heterocycles. The molecule has 176 valence electrons. The van der Waals surface area contributed by atoms with Crippen LogP contribution < -0.4 is 15.5 Å². The Hall–Kier alpha value is -1.27. The number of hydrogen-bond acceptors (Lipinski definition) is 4. The lowest BCUT2D eigenvalue weighted by atomic mass is 9.93. The Balaban J connectivity index is 0.00000341. The van der Waals surface area contributed by atoms with Crippen molar-refractivity contribution >= 4 is 35.6 Å². The highest BCUT2D eigenvalue weighted by Gasteiger charge is 2.34. The molecule has 0 aromatic heterocycles. The number of halogens is 4. The number of aliphatic hydroxyl groups is 1. The van der Waals surface area contributed by atoms with Crippen LogP contribution in [0.3, 0.4) is 0 Å². The Bertz CT molecular complexity index is 719. The minimum absolute atomic E-state index is 0. The summed E-state index contributed by atoms with van der Waals surface area (Å²) in [5, 5.41) is 16.0. The number of hydrogen-bond donors (Lipinski definition) is 3. The second-order valence-corrected chi connectivity index (χ2v) is 7.78. The molecule has 0 unspecified atom stereocenters. The van der Waals surface area contributed by atoms with E-state index in [1.165, 1.54) is 12.1 Å². The first-order valence-electron chi connectivity index (χ1n) is 10.6. The fourth-order valence-corrected chi connectivity index (χ4v) is 3.88. The maximum absolute atomic E-state index is 13.7. The van der Waals surface area contributed by atoms with Crippen LogP contribution in [0, 0.1) is 0 Å². The molecule has 1 saturated carbocycles. The molecule has 1 aromatic carbocycles. The van der Waals surface area contributed by atoms with E-state index in [1.807, 2.05) is 11.8 Å². The van der Waals surface area contributed by atoms with E-state index < -0.39 is 11.7 Å². The average Bonchev–Trinajstić information content (AvgIpc) is 2.73. The van der Waals surface area contributed by atoms with Gasteiger partial charge in [0, 0.05) is 31.4 Å². The molecule has 1 aromatic rings. The largest absolute Gasteiger partial charge is 0.416 e. The van der Waals surface area contributed by atoms with Crippen molar-refractivity contribution in [3.63, 3.8) is 0 Å². The molecule has 0 amide bonds. The molecule has 3 N–H and O–H groups in total. The third kappa shape index (κ3) is 7.67. The quantitative estimate of drug-likeness (QED) is 0.295. The van der Waals surface area contributed by atoms with Gasteiger partial charge in [-0.1, -0.05) is 6.07 Å². The van der Waals surface area contributed by atoms with Crippen molar-refractivity contribution in [1.29, 1.82) is 0 Å². The molecule has 2 fully saturated rings. The molecule has 31 heavy (non-hydrogen) atoms. The Labute approximate surface area is 198 Å². The van der Waals surface area contributed by atoms with E-state index in [2.05, 4.69) is 15.6 Å². The maximum Gasteiger partial charge on any atom is 0.416 e. The summed E-state index contributed by atoms with van der Waals surface area (Å²) in [6.07, 6.45) is -1.64. The summed E-state index contributed by atoms with van der Waals surface area (Å²) in [7, 11) is 0. The molecule has 10 heteroatoms. The molecule has 3 rings (SSSR count). The van der Waals surface area contributed by atoms with E-state index in [0.717, 1.165) is 25.7 Å². The topological polar surface area (TPSA) is 69.1 Å². The predicted octanol–water partition coefficient (Wildman–Crippen LogP) is 3.52. The molecular formula is C21H32F3IN4O2. The number of aliphatic imine (C=N–C) groups is 1. The number of aliphatic hydroxyl groups excluding tert-OH is 1. The van der Waals surface area contributed by atoms with Crippen molar-refractivity contribution in [2.75, 3.05) is 37.7 Å². The second-order valence-electron chi connectivity index (χ2n) is 7.78. The van der Waals surface area contributed by atoms with Gasteiger partial charge < -0.3 is 25.4 Å². The minimum atomic E-state index is -4.45. The SMILES string of the molecule is CCNC(=NCc1ccc(N2CCOCC2)cc1C(F)(F)F)NC1CCC(O)CC1.I. The molecular weight excluding hydrogens is 524 g/mol. The number of rotatable bonds is 5. The van der Waals surface area contributed by atoms with Crippen molar-refractivity contribution in [3.05, 3.63) is 29.3 Å². The number of nitrogens with zero attached hydrogens (tertiary/aromatic N) is 2. The Morgan fingerprint density at radius 2 is 1.87 bits per heavy atom. The van der Waals surface area contributed by atoms with Gasteiger partial charge in [-0.15, -0.1) is 24.0 Å². The first-order chi connectivity index (χ1) is 14.4. The number of alkyl halides is 3. The Morgan fingerprint density at radius 3 is 2.48 bits per heavy atom. The van der Waals surface area contributed by atoms with Gasteiger partial charge in [0.2, 0.25) is 0 Å². The standard InChI is InChI=1S/C21H31F3N4O2.HI/c1-2-25-20(27-16-4-7-18(29)8-5-16)26-14-15-3-6-17(13-19(15)21(22,23)24)28-9-11-30-12-10-28;/h3,6,13,16,18,29H,2,4-5,7-12,14H2,1H3,(H2,25,26,27);1H. The average molecular weight is 556 g/mol. The van der Waals surface area contributed by atoms with Gasteiger partial charge in [-0.3, -0.25) is 0 Å². The molecule has 0 bridgehead atoms. The molecule has 0 spiro atoms. The number of nitrogens with one attached hydrogen (secondary N) is 2. The number of ether oxygens (including phenoxy) is 1. The van der Waals surface area contributed by atoms with Gasteiger partial charge in [-0.25, -0.2) is 4.99 Å². The van der Waals surface area contributed by atoms with Crippen molar-refractivity contribution in [2.45, 2.75) is 57.5 Å². The zero-order chi connectivity index (χ0) is 21.6. The van der Waals surface area contributed by atoms with Crippen LogP contribution in [0.5, 0.6) is 0 Å². The van der Waals surface area contributed by atoms with Gasteiger partial charge in [0.15, 0.2) is 5.96 Å². The van der Waals surface area contributed by atoms with Gasteiger partial charge in [-0.2, -0.15) is 13.2 Å². The predicted molar refractivity (Wildman–Crippen MR) is 126 cm³/mol. The third-order valence-corrected chi connectivity index (χ3v) is 5.56. The van der Waals surface area contributed by atoms with Gasteiger partial charge in [0.1, 0.15) is 0 Å². The minimum Gasteiger partial charge on any atom is -0.393 e. The molecule has 6 nitrogen and oxygen atoms in total.